The molecule has 0 radical (unpaired) electrons. The molecule has 4 nitrogen and oxygen atoms in total. The molecular formula is C16H16N2O2S2. The number of hydrogen-bond donors (Lipinski definition) is 0. The SMILES string of the molecule is Cc1ccc2sc(=NS(=O)(=O)c3ccccc3)n(C)c2c1C. The molecule has 3 aromatic rings. The maximum absolute atomic E-state index is 12.4. The van der Waals surface area contributed by atoms with Crippen LogP contribution in [0.4, 0.5) is 0 Å². The Morgan fingerprint density at radius 1 is 1.05 bits per heavy atom. The summed E-state index contributed by atoms with van der Waals surface area (Å²) in [5.74, 6) is 0. The Labute approximate surface area is 133 Å². The maximum Gasteiger partial charge on any atom is 0.285 e. The summed E-state index contributed by atoms with van der Waals surface area (Å²) in [5.41, 5.74) is 3.36. The number of benzene rings is 2. The second-order valence-electron chi connectivity index (χ2n) is 5.18. The van der Waals surface area contributed by atoms with Gasteiger partial charge in [0.15, 0.2) is 0 Å². The van der Waals surface area contributed by atoms with Gasteiger partial charge in [0, 0.05) is 7.05 Å². The number of hydrogen-bond acceptors (Lipinski definition) is 3. The molecule has 114 valence electrons. The van der Waals surface area contributed by atoms with Crippen molar-refractivity contribution < 1.29 is 8.42 Å². The Bertz CT molecular complexity index is 1010. The van der Waals surface area contributed by atoms with Gasteiger partial charge < -0.3 is 4.57 Å². The molecule has 0 aliphatic carbocycles. The molecule has 1 aromatic heterocycles. The van der Waals surface area contributed by atoms with Crippen LogP contribution in [0.15, 0.2) is 51.8 Å². The molecule has 0 aliphatic rings. The smallest absolute Gasteiger partial charge is 0.285 e. The van der Waals surface area contributed by atoms with E-state index in [1.165, 1.54) is 16.9 Å². The molecule has 6 heteroatoms. The maximum atomic E-state index is 12.4. The fourth-order valence-corrected chi connectivity index (χ4v) is 4.69. The first-order chi connectivity index (χ1) is 10.4. The first-order valence-electron chi connectivity index (χ1n) is 6.82. The van der Waals surface area contributed by atoms with Crippen LogP contribution in [0, 0.1) is 13.8 Å². The molecule has 2 aromatic carbocycles. The van der Waals surface area contributed by atoms with Crippen molar-refractivity contribution in [3.05, 3.63) is 58.4 Å². The zero-order valence-corrected chi connectivity index (χ0v) is 14.2. The molecule has 0 saturated heterocycles. The number of thiazole rings is 1. The van der Waals surface area contributed by atoms with E-state index in [0.29, 0.717) is 4.80 Å². The summed E-state index contributed by atoms with van der Waals surface area (Å²) in [6.07, 6.45) is 0. The van der Waals surface area contributed by atoms with Crippen LogP contribution < -0.4 is 4.80 Å². The minimum absolute atomic E-state index is 0.209. The van der Waals surface area contributed by atoms with Crippen LogP contribution in [-0.2, 0) is 17.1 Å². The van der Waals surface area contributed by atoms with Gasteiger partial charge in [-0.3, -0.25) is 0 Å². The first kappa shape index (κ1) is 15.0. The van der Waals surface area contributed by atoms with Gasteiger partial charge in [-0.1, -0.05) is 35.6 Å². The van der Waals surface area contributed by atoms with Crippen molar-refractivity contribution in [2.24, 2.45) is 11.4 Å². The number of sulfonamides is 1. The molecule has 0 unspecified atom stereocenters. The van der Waals surface area contributed by atoms with Gasteiger partial charge in [0.2, 0.25) is 4.80 Å². The molecule has 1 heterocycles. The standard InChI is InChI=1S/C16H16N2O2S2/c1-11-9-10-14-15(12(11)2)18(3)16(21-14)17-22(19,20)13-7-5-4-6-8-13/h4-10H,1-3H3. The van der Waals surface area contributed by atoms with Crippen LogP contribution in [0.2, 0.25) is 0 Å². The Morgan fingerprint density at radius 2 is 1.73 bits per heavy atom. The summed E-state index contributed by atoms with van der Waals surface area (Å²) in [6.45, 7) is 4.09. The van der Waals surface area contributed by atoms with Gasteiger partial charge in [0.25, 0.3) is 10.0 Å². The van der Waals surface area contributed by atoms with Crippen molar-refractivity contribution in [2.75, 3.05) is 0 Å². The second-order valence-corrected chi connectivity index (χ2v) is 7.79. The van der Waals surface area contributed by atoms with E-state index in [1.807, 2.05) is 37.6 Å². The normalized spacial score (nSPS) is 13.0. The lowest BCUT2D eigenvalue weighted by atomic mass is 10.1. The fourth-order valence-electron chi connectivity index (χ4n) is 2.37. The average Bonchev–Trinajstić information content (AvgIpc) is 2.80. The molecule has 3 rings (SSSR count). The Hall–Kier alpha value is -1.92. The zero-order chi connectivity index (χ0) is 15.9. The van der Waals surface area contributed by atoms with Crippen molar-refractivity contribution in [2.45, 2.75) is 18.7 Å². The van der Waals surface area contributed by atoms with Gasteiger partial charge in [-0.05, 0) is 43.2 Å². The van der Waals surface area contributed by atoms with Crippen LogP contribution in [0.3, 0.4) is 0 Å². The largest absolute Gasteiger partial charge is 0.319 e. The number of fused-ring (bicyclic) bond motifs is 1. The Balaban J connectivity index is 2.27. The summed E-state index contributed by atoms with van der Waals surface area (Å²) < 4.78 is 31.7. The van der Waals surface area contributed by atoms with Gasteiger partial charge in [0.05, 0.1) is 15.1 Å². The van der Waals surface area contributed by atoms with E-state index in [4.69, 9.17) is 0 Å². The molecule has 0 amide bonds. The zero-order valence-electron chi connectivity index (χ0n) is 12.6. The highest BCUT2D eigenvalue weighted by molar-refractivity contribution is 7.90. The number of nitrogens with zero attached hydrogens (tertiary/aromatic N) is 2. The lowest BCUT2D eigenvalue weighted by Gasteiger charge is -2.03. The molecule has 0 N–H and O–H groups in total. The van der Waals surface area contributed by atoms with Crippen LogP contribution in [-0.4, -0.2) is 13.0 Å². The van der Waals surface area contributed by atoms with Crippen molar-refractivity contribution >= 4 is 31.6 Å². The molecule has 0 spiro atoms. The quantitative estimate of drug-likeness (QED) is 0.724. The van der Waals surface area contributed by atoms with E-state index in [1.54, 1.807) is 30.3 Å². The number of rotatable bonds is 2. The third-order valence-electron chi connectivity index (χ3n) is 3.73. The first-order valence-corrected chi connectivity index (χ1v) is 9.07. The Kier molecular flexibility index (Phi) is 3.66. The minimum Gasteiger partial charge on any atom is -0.319 e. The second kappa shape index (κ2) is 5.37. The summed E-state index contributed by atoms with van der Waals surface area (Å²) in [7, 11) is -1.84. The highest BCUT2D eigenvalue weighted by Crippen LogP contribution is 2.23. The molecule has 22 heavy (non-hydrogen) atoms. The van der Waals surface area contributed by atoms with Gasteiger partial charge in [-0.25, -0.2) is 0 Å². The van der Waals surface area contributed by atoms with Crippen molar-refractivity contribution in [3.63, 3.8) is 0 Å². The van der Waals surface area contributed by atoms with Crippen LogP contribution in [0.25, 0.3) is 10.2 Å². The Morgan fingerprint density at radius 3 is 2.41 bits per heavy atom. The van der Waals surface area contributed by atoms with Gasteiger partial charge >= 0.3 is 0 Å². The predicted molar refractivity (Wildman–Crippen MR) is 89.5 cm³/mol. The summed E-state index contributed by atoms with van der Waals surface area (Å²) in [6, 6.07) is 12.3. The molecule has 0 bridgehead atoms. The third-order valence-corrected chi connectivity index (χ3v) is 6.22. The summed E-state index contributed by atoms with van der Waals surface area (Å²) in [5, 5.41) is 0. The fraction of sp³-hybridized carbons (Fsp3) is 0.188. The molecule has 0 fully saturated rings. The lowest BCUT2D eigenvalue weighted by Crippen LogP contribution is -2.14. The van der Waals surface area contributed by atoms with Gasteiger partial charge in [0.1, 0.15) is 0 Å². The third kappa shape index (κ3) is 2.48. The lowest BCUT2D eigenvalue weighted by molar-refractivity contribution is 0.596. The van der Waals surface area contributed by atoms with Crippen LogP contribution >= 0.6 is 11.3 Å². The summed E-state index contributed by atoms with van der Waals surface area (Å²) in [4.78, 5) is 0.688. The van der Waals surface area contributed by atoms with E-state index < -0.39 is 10.0 Å². The minimum atomic E-state index is -3.69. The van der Waals surface area contributed by atoms with E-state index in [-0.39, 0.29) is 4.90 Å². The van der Waals surface area contributed by atoms with Crippen LogP contribution in [0.5, 0.6) is 0 Å². The van der Waals surface area contributed by atoms with Crippen molar-refractivity contribution in [3.8, 4) is 0 Å². The predicted octanol–water partition coefficient (Wildman–Crippen LogP) is 3.15. The number of aromatic nitrogens is 1. The molecule has 0 aliphatic heterocycles. The monoisotopic (exact) mass is 332 g/mol. The number of aryl methyl sites for hydroxylation is 3. The van der Waals surface area contributed by atoms with E-state index in [0.717, 1.165) is 15.8 Å². The van der Waals surface area contributed by atoms with Crippen molar-refractivity contribution in [1.82, 2.24) is 4.57 Å². The highest BCUT2D eigenvalue weighted by atomic mass is 32.2. The average molecular weight is 332 g/mol. The summed E-state index contributed by atoms with van der Waals surface area (Å²) >= 11 is 1.39. The van der Waals surface area contributed by atoms with Gasteiger partial charge in [-0.2, -0.15) is 8.42 Å². The topological polar surface area (TPSA) is 51.4 Å². The van der Waals surface area contributed by atoms with Crippen molar-refractivity contribution in [1.29, 1.82) is 0 Å². The molecule has 0 saturated carbocycles. The van der Waals surface area contributed by atoms with Crippen LogP contribution in [0.1, 0.15) is 11.1 Å². The highest BCUT2D eigenvalue weighted by Gasteiger charge is 2.14. The molecule has 0 atom stereocenters. The molecular weight excluding hydrogens is 316 g/mol. The van der Waals surface area contributed by atoms with E-state index in [9.17, 15) is 8.42 Å². The van der Waals surface area contributed by atoms with E-state index in [2.05, 4.69) is 4.40 Å². The van der Waals surface area contributed by atoms with Gasteiger partial charge in [-0.15, -0.1) is 4.40 Å². The van der Waals surface area contributed by atoms with E-state index >= 15 is 0 Å².